The number of rotatable bonds is 5. The highest BCUT2D eigenvalue weighted by Crippen LogP contribution is 2.19. The molecule has 1 rings (SSSR count). The molecular weight excluding hydrogens is 242 g/mol. The fraction of sp³-hybridized carbons (Fsp3) is 0.417. The van der Waals surface area contributed by atoms with E-state index in [0.29, 0.717) is 5.92 Å². The number of carbonyl (C=O) groups excluding carboxylic acids is 1. The molecular formula is C12H16ClNOS. The van der Waals surface area contributed by atoms with Crippen LogP contribution in [0.15, 0.2) is 24.3 Å². The summed E-state index contributed by atoms with van der Waals surface area (Å²) < 4.78 is 0. The third-order valence-electron chi connectivity index (χ3n) is 2.48. The number of primary amides is 1. The Bertz CT molecular complexity index is 339. The topological polar surface area (TPSA) is 43.1 Å². The molecule has 88 valence electrons. The van der Waals surface area contributed by atoms with Gasteiger partial charge in [-0.15, -0.1) is 0 Å². The lowest BCUT2D eigenvalue weighted by Gasteiger charge is -2.13. The molecule has 4 heteroatoms. The van der Waals surface area contributed by atoms with Gasteiger partial charge in [0.15, 0.2) is 0 Å². The van der Waals surface area contributed by atoms with Gasteiger partial charge in [0.1, 0.15) is 0 Å². The van der Waals surface area contributed by atoms with Crippen molar-refractivity contribution in [3.63, 3.8) is 0 Å². The minimum absolute atomic E-state index is 0.297. The number of amides is 1. The second-order valence-electron chi connectivity index (χ2n) is 3.73. The Kier molecular flexibility index (Phi) is 5.71. The molecule has 1 atom stereocenters. The first-order valence-electron chi connectivity index (χ1n) is 5.28. The molecule has 1 aromatic rings. The van der Waals surface area contributed by atoms with Gasteiger partial charge in [0, 0.05) is 10.8 Å². The van der Waals surface area contributed by atoms with Crippen LogP contribution < -0.4 is 5.73 Å². The average molecular weight is 258 g/mol. The molecule has 0 aromatic heterocycles. The van der Waals surface area contributed by atoms with Crippen LogP contribution >= 0.6 is 23.4 Å². The molecule has 0 spiro atoms. The van der Waals surface area contributed by atoms with E-state index in [0.717, 1.165) is 23.6 Å². The van der Waals surface area contributed by atoms with Crippen molar-refractivity contribution in [2.45, 2.75) is 19.8 Å². The first kappa shape index (κ1) is 13.4. The van der Waals surface area contributed by atoms with E-state index in [9.17, 15) is 4.79 Å². The van der Waals surface area contributed by atoms with Gasteiger partial charge in [0.25, 0.3) is 5.24 Å². The SMILES string of the molecule is CCC(CSC(N)=O)Cc1ccc(Cl)cc1. The van der Waals surface area contributed by atoms with E-state index in [1.807, 2.05) is 24.3 Å². The molecule has 1 unspecified atom stereocenters. The third-order valence-corrected chi connectivity index (χ3v) is 3.65. The first-order valence-corrected chi connectivity index (χ1v) is 6.64. The van der Waals surface area contributed by atoms with Crippen LogP contribution in [-0.4, -0.2) is 11.0 Å². The predicted octanol–water partition coefficient (Wildman–Crippen LogP) is 3.72. The van der Waals surface area contributed by atoms with Crippen molar-refractivity contribution < 1.29 is 4.79 Å². The summed E-state index contributed by atoms with van der Waals surface area (Å²) in [6.07, 6.45) is 2.01. The molecule has 1 aromatic carbocycles. The molecule has 1 amide bonds. The Morgan fingerprint density at radius 2 is 2.06 bits per heavy atom. The van der Waals surface area contributed by atoms with Gasteiger partial charge in [-0.25, -0.2) is 0 Å². The number of benzene rings is 1. The van der Waals surface area contributed by atoms with Gasteiger partial charge >= 0.3 is 0 Å². The van der Waals surface area contributed by atoms with Crippen molar-refractivity contribution in [3.8, 4) is 0 Å². The van der Waals surface area contributed by atoms with Crippen LogP contribution in [0.5, 0.6) is 0 Å². The molecule has 0 radical (unpaired) electrons. The molecule has 2 nitrogen and oxygen atoms in total. The smallest absolute Gasteiger partial charge is 0.276 e. The van der Waals surface area contributed by atoms with Gasteiger partial charge in [0.2, 0.25) is 0 Å². The zero-order chi connectivity index (χ0) is 12.0. The normalized spacial score (nSPS) is 12.4. The first-order chi connectivity index (χ1) is 7.61. The van der Waals surface area contributed by atoms with Crippen LogP contribution in [0.25, 0.3) is 0 Å². The predicted molar refractivity (Wildman–Crippen MR) is 71.0 cm³/mol. The Morgan fingerprint density at radius 1 is 1.44 bits per heavy atom. The van der Waals surface area contributed by atoms with Gasteiger partial charge in [0.05, 0.1) is 0 Å². The standard InChI is InChI=1S/C12H16ClNOS/c1-2-9(8-16-12(14)15)7-10-3-5-11(13)6-4-10/h3-6,9H,2,7-8H2,1H3,(H2,14,15). The largest absolute Gasteiger partial charge is 0.361 e. The van der Waals surface area contributed by atoms with Crippen LogP contribution in [0, 0.1) is 5.92 Å². The average Bonchev–Trinajstić information content (AvgIpc) is 2.26. The molecule has 0 aliphatic carbocycles. The molecule has 0 bridgehead atoms. The van der Waals surface area contributed by atoms with E-state index in [-0.39, 0.29) is 5.24 Å². The van der Waals surface area contributed by atoms with Crippen LogP contribution in [-0.2, 0) is 6.42 Å². The lowest BCUT2D eigenvalue weighted by Crippen LogP contribution is -2.11. The highest BCUT2D eigenvalue weighted by molar-refractivity contribution is 8.13. The number of carbonyl (C=O) groups is 1. The van der Waals surface area contributed by atoms with Crippen molar-refractivity contribution in [2.24, 2.45) is 11.7 Å². The summed E-state index contributed by atoms with van der Waals surface area (Å²) in [4.78, 5) is 10.7. The third kappa shape index (κ3) is 4.90. The van der Waals surface area contributed by atoms with Crippen LogP contribution in [0.1, 0.15) is 18.9 Å². The monoisotopic (exact) mass is 257 g/mol. The molecule has 0 saturated heterocycles. The summed E-state index contributed by atoms with van der Waals surface area (Å²) in [5.41, 5.74) is 6.37. The maximum absolute atomic E-state index is 10.7. The summed E-state index contributed by atoms with van der Waals surface area (Å²) in [7, 11) is 0. The van der Waals surface area contributed by atoms with E-state index in [2.05, 4.69) is 6.92 Å². The Balaban J connectivity index is 2.49. The lowest BCUT2D eigenvalue weighted by atomic mass is 9.99. The number of hydrogen-bond donors (Lipinski definition) is 1. The highest BCUT2D eigenvalue weighted by Gasteiger charge is 2.09. The molecule has 0 heterocycles. The number of hydrogen-bond acceptors (Lipinski definition) is 2. The van der Waals surface area contributed by atoms with Gasteiger partial charge in [-0.1, -0.05) is 48.8 Å². The van der Waals surface area contributed by atoms with Crippen molar-refractivity contribution in [1.82, 2.24) is 0 Å². The maximum atomic E-state index is 10.7. The van der Waals surface area contributed by atoms with Crippen LogP contribution in [0.4, 0.5) is 4.79 Å². The Hall–Kier alpha value is -0.670. The summed E-state index contributed by atoms with van der Waals surface area (Å²) in [5.74, 6) is 1.27. The van der Waals surface area contributed by atoms with Gasteiger partial charge in [-0.3, -0.25) is 4.79 Å². The van der Waals surface area contributed by atoms with Gasteiger partial charge < -0.3 is 5.73 Å². The summed E-state index contributed by atoms with van der Waals surface area (Å²) in [5, 5.41) is 0.456. The molecule has 0 saturated carbocycles. The zero-order valence-corrected chi connectivity index (χ0v) is 10.9. The lowest BCUT2D eigenvalue weighted by molar-refractivity contribution is 0.267. The van der Waals surface area contributed by atoms with Gasteiger partial charge in [-0.05, 0) is 30.0 Å². The minimum atomic E-state index is -0.297. The van der Waals surface area contributed by atoms with Crippen molar-refractivity contribution >= 4 is 28.6 Å². The van der Waals surface area contributed by atoms with E-state index in [1.54, 1.807) is 0 Å². The Morgan fingerprint density at radius 3 is 2.56 bits per heavy atom. The zero-order valence-electron chi connectivity index (χ0n) is 9.28. The molecule has 0 aliphatic rings. The van der Waals surface area contributed by atoms with Crippen LogP contribution in [0.3, 0.4) is 0 Å². The number of halogens is 1. The quantitative estimate of drug-likeness (QED) is 0.874. The molecule has 0 fully saturated rings. The summed E-state index contributed by atoms with van der Waals surface area (Å²) in [6, 6.07) is 7.84. The maximum Gasteiger partial charge on any atom is 0.276 e. The second-order valence-corrected chi connectivity index (χ2v) is 5.20. The Labute approximate surface area is 106 Å². The molecule has 2 N–H and O–H groups in total. The fourth-order valence-corrected chi connectivity index (χ4v) is 2.35. The molecule has 0 aliphatic heterocycles. The van der Waals surface area contributed by atoms with Crippen molar-refractivity contribution in [2.75, 3.05) is 5.75 Å². The highest BCUT2D eigenvalue weighted by atomic mass is 35.5. The van der Waals surface area contributed by atoms with E-state index < -0.39 is 0 Å². The summed E-state index contributed by atoms with van der Waals surface area (Å²) >= 11 is 7.02. The minimum Gasteiger partial charge on any atom is -0.361 e. The van der Waals surface area contributed by atoms with Crippen LogP contribution in [0.2, 0.25) is 5.02 Å². The number of thioether (sulfide) groups is 1. The van der Waals surface area contributed by atoms with E-state index >= 15 is 0 Å². The second kappa shape index (κ2) is 6.81. The van der Waals surface area contributed by atoms with Crippen molar-refractivity contribution in [1.29, 1.82) is 0 Å². The fourth-order valence-electron chi connectivity index (χ4n) is 1.47. The van der Waals surface area contributed by atoms with Gasteiger partial charge in [-0.2, -0.15) is 0 Å². The summed E-state index contributed by atoms with van der Waals surface area (Å²) in [6.45, 7) is 2.13. The van der Waals surface area contributed by atoms with E-state index in [4.69, 9.17) is 17.3 Å². The molecule has 16 heavy (non-hydrogen) atoms. The number of nitrogens with two attached hydrogens (primary N) is 1. The van der Waals surface area contributed by atoms with E-state index in [1.165, 1.54) is 17.3 Å². The van der Waals surface area contributed by atoms with Crippen molar-refractivity contribution in [3.05, 3.63) is 34.9 Å².